The molecule has 0 aliphatic rings. The quantitative estimate of drug-likeness (QED) is 0.439. The Labute approximate surface area is 125 Å². The van der Waals surface area contributed by atoms with Crippen LogP contribution in [0.4, 0.5) is 0 Å². The van der Waals surface area contributed by atoms with Gasteiger partial charge in [-0.3, -0.25) is 0 Å². The molecule has 1 aromatic heterocycles. The third-order valence-electron chi connectivity index (χ3n) is 2.45. The lowest BCUT2D eigenvalue weighted by Crippen LogP contribution is -2.38. The minimum absolute atomic E-state index is 0.296. The summed E-state index contributed by atoms with van der Waals surface area (Å²) in [6, 6.07) is 0. The second kappa shape index (κ2) is 9.72. The van der Waals surface area contributed by atoms with Crippen LogP contribution in [-0.4, -0.2) is 36.7 Å². The third kappa shape index (κ3) is 7.45. The minimum Gasteiger partial charge on any atom is -0.379 e. The van der Waals surface area contributed by atoms with Crippen molar-refractivity contribution in [3.8, 4) is 0 Å². The number of rotatable bonds is 8. The highest BCUT2D eigenvalue weighted by Crippen LogP contribution is 2.11. The number of thiazole rings is 1. The fourth-order valence-corrected chi connectivity index (χ4v) is 2.27. The first-order chi connectivity index (χ1) is 9.61. The molecular formula is C14H26N4OS. The zero-order chi connectivity index (χ0) is 14.8. The van der Waals surface area contributed by atoms with Crippen molar-refractivity contribution in [2.75, 3.05) is 19.7 Å². The molecule has 114 valence electrons. The molecule has 1 heterocycles. The summed E-state index contributed by atoms with van der Waals surface area (Å²) in [6.45, 7) is 11.3. The number of nitrogens with one attached hydrogen (secondary N) is 2. The van der Waals surface area contributed by atoms with Crippen molar-refractivity contribution >= 4 is 17.3 Å². The first-order valence-electron chi connectivity index (χ1n) is 7.17. The highest BCUT2D eigenvalue weighted by atomic mass is 32.1. The Kier molecular flexibility index (Phi) is 8.22. The molecule has 0 amide bonds. The molecule has 0 radical (unpaired) electrons. The van der Waals surface area contributed by atoms with Gasteiger partial charge in [-0.15, -0.1) is 11.3 Å². The number of aryl methyl sites for hydroxylation is 1. The van der Waals surface area contributed by atoms with Gasteiger partial charge in [-0.25, -0.2) is 9.98 Å². The number of aromatic nitrogens is 1. The highest BCUT2D eigenvalue weighted by Gasteiger charge is 2.00. The number of hydrogen-bond acceptors (Lipinski definition) is 4. The van der Waals surface area contributed by atoms with Crippen molar-refractivity contribution in [2.24, 2.45) is 4.99 Å². The van der Waals surface area contributed by atoms with Crippen molar-refractivity contribution in [3.63, 3.8) is 0 Å². The Balaban J connectivity index is 2.31. The van der Waals surface area contributed by atoms with Crippen LogP contribution in [0.25, 0.3) is 0 Å². The van der Waals surface area contributed by atoms with Crippen LogP contribution in [-0.2, 0) is 11.3 Å². The molecule has 6 heteroatoms. The van der Waals surface area contributed by atoms with Crippen molar-refractivity contribution < 1.29 is 4.74 Å². The van der Waals surface area contributed by atoms with Crippen LogP contribution in [0, 0.1) is 6.92 Å². The summed E-state index contributed by atoms with van der Waals surface area (Å²) >= 11 is 1.69. The Morgan fingerprint density at radius 3 is 2.85 bits per heavy atom. The molecule has 0 unspecified atom stereocenters. The van der Waals surface area contributed by atoms with Crippen LogP contribution in [0.2, 0.25) is 0 Å². The number of guanidine groups is 1. The van der Waals surface area contributed by atoms with Crippen LogP contribution in [0.3, 0.4) is 0 Å². The van der Waals surface area contributed by atoms with Gasteiger partial charge in [0.25, 0.3) is 0 Å². The van der Waals surface area contributed by atoms with Gasteiger partial charge in [0.2, 0.25) is 0 Å². The monoisotopic (exact) mass is 298 g/mol. The summed E-state index contributed by atoms with van der Waals surface area (Å²) in [5, 5.41) is 7.59. The van der Waals surface area contributed by atoms with E-state index >= 15 is 0 Å². The van der Waals surface area contributed by atoms with Crippen LogP contribution < -0.4 is 10.6 Å². The van der Waals surface area contributed by atoms with Gasteiger partial charge in [0.15, 0.2) is 5.96 Å². The Hall–Kier alpha value is -1.14. The third-order valence-corrected chi connectivity index (χ3v) is 3.35. The fraction of sp³-hybridized carbons (Fsp3) is 0.714. The fourth-order valence-electron chi connectivity index (χ4n) is 1.56. The lowest BCUT2D eigenvalue weighted by atomic mass is 10.4. The normalized spacial score (nSPS) is 11.9. The molecule has 0 saturated carbocycles. The maximum atomic E-state index is 5.51. The summed E-state index contributed by atoms with van der Waals surface area (Å²) in [7, 11) is 0. The molecule has 0 aliphatic heterocycles. The van der Waals surface area contributed by atoms with Gasteiger partial charge in [-0.05, 0) is 34.1 Å². The largest absolute Gasteiger partial charge is 0.379 e. The summed E-state index contributed by atoms with van der Waals surface area (Å²) in [5.41, 5.74) is 0. The van der Waals surface area contributed by atoms with Crippen molar-refractivity contribution in [2.45, 2.75) is 46.8 Å². The maximum Gasteiger partial charge on any atom is 0.191 e. The van der Waals surface area contributed by atoms with E-state index in [4.69, 9.17) is 4.74 Å². The molecule has 1 aromatic rings. The molecule has 5 nitrogen and oxygen atoms in total. The highest BCUT2D eigenvalue weighted by molar-refractivity contribution is 7.11. The van der Waals surface area contributed by atoms with E-state index in [0.29, 0.717) is 12.6 Å². The topological polar surface area (TPSA) is 58.5 Å². The number of ether oxygens (including phenoxy) is 1. The second-order valence-electron chi connectivity index (χ2n) is 4.76. The molecule has 1 rings (SSSR count). The molecular weight excluding hydrogens is 272 g/mol. The number of nitrogens with zero attached hydrogens (tertiary/aromatic N) is 2. The lowest BCUT2D eigenvalue weighted by Gasteiger charge is -2.11. The van der Waals surface area contributed by atoms with Gasteiger partial charge >= 0.3 is 0 Å². The van der Waals surface area contributed by atoms with E-state index in [-0.39, 0.29) is 0 Å². The predicted octanol–water partition coefficient (Wildman–Crippen LogP) is 2.32. The second-order valence-corrected chi connectivity index (χ2v) is 6.08. The zero-order valence-electron chi connectivity index (χ0n) is 12.9. The molecule has 0 aromatic carbocycles. The van der Waals surface area contributed by atoms with Gasteiger partial charge in [-0.1, -0.05) is 0 Å². The molecule has 2 N–H and O–H groups in total. The molecule has 0 spiro atoms. The molecule has 0 fully saturated rings. The average Bonchev–Trinajstić information content (AvgIpc) is 2.81. The molecule has 0 bridgehead atoms. The molecule has 0 atom stereocenters. The van der Waals surface area contributed by atoms with Crippen LogP contribution in [0.1, 0.15) is 37.1 Å². The van der Waals surface area contributed by atoms with Crippen LogP contribution in [0.5, 0.6) is 0 Å². The predicted molar refractivity (Wildman–Crippen MR) is 85.4 cm³/mol. The van der Waals surface area contributed by atoms with E-state index in [2.05, 4.69) is 48.3 Å². The van der Waals surface area contributed by atoms with Gasteiger partial charge in [0, 0.05) is 30.8 Å². The number of hydrogen-bond donors (Lipinski definition) is 2. The molecule has 20 heavy (non-hydrogen) atoms. The SMILES string of the molecule is CCNC(=NCc1ncc(C)s1)NCCCOC(C)C. The van der Waals surface area contributed by atoms with Crippen molar-refractivity contribution in [1.82, 2.24) is 15.6 Å². The van der Waals surface area contributed by atoms with Gasteiger partial charge in [-0.2, -0.15) is 0 Å². The Bertz CT molecular complexity index is 404. The molecule has 0 aliphatic carbocycles. The van der Waals surface area contributed by atoms with E-state index in [1.807, 2.05) is 6.20 Å². The Morgan fingerprint density at radius 1 is 1.45 bits per heavy atom. The van der Waals surface area contributed by atoms with E-state index < -0.39 is 0 Å². The maximum absolute atomic E-state index is 5.51. The first kappa shape index (κ1) is 16.9. The summed E-state index contributed by atoms with van der Waals surface area (Å²) < 4.78 is 5.51. The Morgan fingerprint density at radius 2 is 2.25 bits per heavy atom. The lowest BCUT2D eigenvalue weighted by molar-refractivity contribution is 0.0776. The van der Waals surface area contributed by atoms with Gasteiger partial charge in [0.1, 0.15) is 5.01 Å². The van der Waals surface area contributed by atoms with Crippen molar-refractivity contribution in [1.29, 1.82) is 0 Å². The van der Waals surface area contributed by atoms with E-state index in [0.717, 1.165) is 37.1 Å². The average molecular weight is 298 g/mol. The van der Waals surface area contributed by atoms with Crippen LogP contribution >= 0.6 is 11.3 Å². The van der Waals surface area contributed by atoms with Gasteiger partial charge < -0.3 is 15.4 Å². The summed E-state index contributed by atoms with van der Waals surface area (Å²) in [4.78, 5) is 10.1. The first-order valence-corrected chi connectivity index (χ1v) is 7.98. The summed E-state index contributed by atoms with van der Waals surface area (Å²) in [5.74, 6) is 0.838. The minimum atomic E-state index is 0.296. The van der Waals surface area contributed by atoms with E-state index in [1.165, 1.54) is 4.88 Å². The molecule has 0 saturated heterocycles. The van der Waals surface area contributed by atoms with Crippen LogP contribution in [0.15, 0.2) is 11.2 Å². The van der Waals surface area contributed by atoms with E-state index in [1.54, 1.807) is 11.3 Å². The standard InChI is InChI=1S/C14H26N4OS/c1-5-15-14(16-7-6-8-19-11(2)3)18-10-13-17-9-12(4)20-13/h9,11H,5-8,10H2,1-4H3,(H2,15,16,18). The summed E-state index contributed by atoms with van der Waals surface area (Å²) in [6.07, 6.45) is 3.16. The zero-order valence-corrected chi connectivity index (χ0v) is 13.7. The van der Waals surface area contributed by atoms with Crippen molar-refractivity contribution in [3.05, 3.63) is 16.1 Å². The smallest absolute Gasteiger partial charge is 0.191 e. The van der Waals surface area contributed by atoms with E-state index in [9.17, 15) is 0 Å². The van der Waals surface area contributed by atoms with Gasteiger partial charge in [0.05, 0.1) is 12.6 Å². The number of aliphatic imine (C=N–C) groups is 1.